The molecule has 4 rings (SSSR count). The van der Waals surface area contributed by atoms with Crippen molar-refractivity contribution in [3.05, 3.63) is 66.2 Å². The third-order valence-electron chi connectivity index (χ3n) is 5.13. The molecule has 0 aliphatic carbocycles. The van der Waals surface area contributed by atoms with Crippen LogP contribution in [0, 0.1) is 0 Å². The molecule has 3 aromatic carbocycles. The van der Waals surface area contributed by atoms with E-state index in [2.05, 4.69) is 10.6 Å². The third kappa shape index (κ3) is 4.30. The first-order valence-electron chi connectivity index (χ1n) is 10.1. The standard InChI is InChI=1S/C23H24N4O4S/c1-26(2)14-22(29)25-18-9-3-6-16(12-18)13-24-21(28)15-27-19-10-4-7-17-8-5-11-20(23(17)19)32(27,30)31/h3-12H,13-15H2,1-2H3,(H,24,28)(H,25,29). The van der Waals surface area contributed by atoms with Gasteiger partial charge >= 0.3 is 0 Å². The molecule has 2 amide bonds. The molecule has 0 spiro atoms. The lowest BCUT2D eigenvalue weighted by Crippen LogP contribution is -2.38. The molecule has 1 aliphatic heterocycles. The minimum atomic E-state index is -3.79. The Kier molecular flexibility index (Phi) is 5.86. The van der Waals surface area contributed by atoms with Crippen LogP contribution in [0.2, 0.25) is 0 Å². The number of benzene rings is 3. The van der Waals surface area contributed by atoms with Gasteiger partial charge in [0.25, 0.3) is 10.0 Å². The molecule has 166 valence electrons. The molecule has 0 saturated carbocycles. The highest BCUT2D eigenvalue weighted by Crippen LogP contribution is 2.41. The number of amides is 2. The number of sulfonamides is 1. The summed E-state index contributed by atoms with van der Waals surface area (Å²) in [6.07, 6.45) is 0. The number of carbonyl (C=O) groups is 2. The van der Waals surface area contributed by atoms with Gasteiger partial charge in [0.05, 0.1) is 17.1 Å². The molecule has 8 nitrogen and oxygen atoms in total. The molecule has 0 radical (unpaired) electrons. The summed E-state index contributed by atoms with van der Waals surface area (Å²) in [6.45, 7) is 0.164. The second kappa shape index (κ2) is 8.60. The van der Waals surface area contributed by atoms with Crippen LogP contribution < -0.4 is 14.9 Å². The molecule has 3 aromatic rings. The summed E-state index contributed by atoms with van der Waals surface area (Å²) in [6, 6.07) is 17.6. The molecule has 0 atom stereocenters. The summed E-state index contributed by atoms with van der Waals surface area (Å²) in [5.74, 6) is -0.551. The van der Waals surface area contributed by atoms with Gasteiger partial charge in [0.15, 0.2) is 0 Å². The zero-order valence-electron chi connectivity index (χ0n) is 17.8. The normalized spacial score (nSPS) is 14.0. The lowest BCUT2D eigenvalue weighted by Gasteiger charge is -2.18. The first-order chi connectivity index (χ1) is 15.3. The highest BCUT2D eigenvalue weighted by atomic mass is 32.2. The largest absolute Gasteiger partial charge is 0.350 e. The zero-order chi connectivity index (χ0) is 22.9. The molecule has 9 heteroatoms. The van der Waals surface area contributed by atoms with Gasteiger partial charge in [0, 0.05) is 17.6 Å². The molecule has 0 aromatic heterocycles. The van der Waals surface area contributed by atoms with Gasteiger partial charge < -0.3 is 15.5 Å². The number of anilines is 2. The highest BCUT2D eigenvalue weighted by Gasteiger charge is 2.36. The predicted molar refractivity (Wildman–Crippen MR) is 124 cm³/mol. The lowest BCUT2D eigenvalue weighted by atomic mass is 10.1. The second-order valence-corrected chi connectivity index (χ2v) is 9.74. The maximum absolute atomic E-state index is 13.0. The average Bonchev–Trinajstić information content (AvgIpc) is 2.95. The summed E-state index contributed by atoms with van der Waals surface area (Å²) < 4.78 is 27.2. The summed E-state index contributed by atoms with van der Waals surface area (Å²) in [5, 5.41) is 7.04. The lowest BCUT2D eigenvalue weighted by molar-refractivity contribution is -0.120. The Morgan fingerprint density at radius 3 is 2.44 bits per heavy atom. The van der Waals surface area contributed by atoms with E-state index in [-0.39, 0.29) is 30.4 Å². The van der Waals surface area contributed by atoms with E-state index in [0.717, 1.165) is 15.3 Å². The minimum absolute atomic E-state index is 0.135. The van der Waals surface area contributed by atoms with Gasteiger partial charge in [-0.15, -0.1) is 0 Å². The number of nitrogens with one attached hydrogen (secondary N) is 2. The van der Waals surface area contributed by atoms with E-state index in [0.29, 0.717) is 16.8 Å². The van der Waals surface area contributed by atoms with E-state index in [1.54, 1.807) is 47.4 Å². The molecule has 0 fully saturated rings. The van der Waals surface area contributed by atoms with Gasteiger partial charge in [0.1, 0.15) is 6.54 Å². The van der Waals surface area contributed by atoms with Crippen LogP contribution in [0.5, 0.6) is 0 Å². The van der Waals surface area contributed by atoms with Crippen LogP contribution in [0.25, 0.3) is 10.8 Å². The molecule has 0 saturated heterocycles. The van der Waals surface area contributed by atoms with E-state index in [4.69, 9.17) is 0 Å². The Morgan fingerprint density at radius 2 is 1.69 bits per heavy atom. The van der Waals surface area contributed by atoms with Crippen LogP contribution in [-0.4, -0.2) is 52.3 Å². The van der Waals surface area contributed by atoms with E-state index in [9.17, 15) is 18.0 Å². The Bertz CT molecular complexity index is 1300. The van der Waals surface area contributed by atoms with Gasteiger partial charge in [0.2, 0.25) is 11.8 Å². The fourth-order valence-electron chi connectivity index (χ4n) is 3.76. The van der Waals surface area contributed by atoms with Gasteiger partial charge in [-0.3, -0.25) is 13.9 Å². The number of nitrogens with zero attached hydrogens (tertiary/aromatic N) is 2. The predicted octanol–water partition coefficient (Wildman–Crippen LogP) is 2.17. The number of carbonyl (C=O) groups excluding carboxylic acids is 2. The summed E-state index contributed by atoms with van der Waals surface area (Å²) in [5.41, 5.74) is 1.93. The monoisotopic (exact) mass is 452 g/mol. The zero-order valence-corrected chi connectivity index (χ0v) is 18.6. The van der Waals surface area contributed by atoms with Gasteiger partial charge in [-0.2, -0.15) is 0 Å². The molecule has 32 heavy (non-hydrogen) atoms. The van der Waals surface area contributed by atoms with Crippen LogP contribution in [-0.2, 0) is 26.2 Å². The summed E-state index contributed by atoms with van der Waals surface area (Å²) in [4.78, 5) is 26.6. The van der Waals surface area contributed by atoms with Crippen LogP contribution in [0.4, 0.5) is 11.4 Å². The minimum Gasteiger partial charge on any atom is -0.350 e. The topological polar surface area (TPSA) is 98.8 Å². The molecule has 2 N–H and O–H groups in total. The van der Waals surface area contributed by atoms with Crippen molar-refractivity contribution in [1.29, 1.82) is 0 Å². The Morgan fingerprint density at radius 1 is 0.969 bits per heavy atom. The van der Waals surface area contributed by atoms with Crippen molar-refractivity contribution in [2.24, 2.45) is 0 Å². The molecule has 1 heterocycles. The van der Waals surface area contributed by atoms with E-state index in [1.807, 2.05) is 32.3 Å². The van der Waals surface area contributed by atoms with Crippen molar-refractivity contribution < 1.29 is 18.0 Å². The average molecular weight is 453 g/mol. The summed E-state index contributed by atoms with van der Waals surface area (Å²) >= 11 is 0. The number of rotatable bonds is 7. The second-order valence-electron chi connectivity index (χ2n) is 7.91. The van der Waals surface area contributed by atoms with Crippen molar-refractivity contribution in [3.63, 3.8) is 0 Å². The van der Waals surface area contributed by atoms with Crippen molar-refractivity contribution in [3.8, 4) is 0 Å². The molecule has 1 aliphatic rings. The fourth-order valence-corrected chi connectivity index (χ4v) is 5.43. The Balaban J connectivity index is 1.43. The van der Waals surface area contributed by atoms with E-state index < -0.39 is 15.9 Å². The van der Waals surface area contributed by atoms with E-state index in [1.165, 1.54) is 0 Å². The van der Waals surface area contributed by atoms with Crippen LogP contribution in [0.3, 0.4) is 0 Å². The molecule has 0 unspecified atom stereocenters. The maximum Gasteiger partial charge on any atom is 0.265 e. The number of hydrogen-bond donors (Lipinski definition) is 2. The van der Waals surface area contributed by atoms with Crippen LogP contribution >= 0.6 is 0 Å². The van der Waals surface area contributed by atoms with Crippen LogP contribution in [0.15, 0.2) is 65.6 Å². The van der Waals surface area contributed by atoms with Crippen molar-refractivity contribution in [2.45, 2.75) is 11.4 Å². The quantitative estimate of drug-likeness (QED) is 0.573. The molecular formula is C23H24N4O4S. The van der Waals surface area contributed by atoms with Gasteiger partial charge in [-0.05, 0) is 49.3 Å². The fraction of sp³-hybridized carbons (Fsp3) is 0.217. The molecule has 0 bridgehead atoms. The third-order valence-corrected chi connectivity index (χ3v) is 6.93. The van der Waals surface area contributed by atoms with Crippen molar-refractivity contribution >= 4 is 44.0 Å². The smallest absolute Gasteiger partial charge is 0.265 e. The Labute approximate surface area is 186 Å². The van der Waals surface area contributed by atoms with Gasteiger partial charge in [-0.25, -0.2) is 8.42 Å². The SMILES string of the molecule is CN(C)CC(=O)Nc1cccc(CNC(=O)CN2c3cccc4cccc(c34)S2(=O)=O)c1. The van der Waals surface area contributed by atoms with Gasteiger partial charge in [-0.1, -0.05) is 36.4 Å². The molecular weight excluding hydrogens is 428 g/mol. The van der Waals surface area contributed by atoms with Crippen LogP contribution in [0.1, 0.15) is 5.56 Å². The number of hydrogen-bond acceptors (Lipinski definition) is 5. The van der Waals surface area contributed by atoms with Crippen molar-refractivity contribution in [1.82, 2.24) is 10.2 Å². The first kappa shape index (κ1) is 21.8. The number of likely N-dealkylation sites (N-methyl/N-ethyl adjacent to an activating group) is 1. The first-order valence-corrected chi connectivity index (χ1v) is 11.5. The highest BCUT2D eigenvalue weighted by molar-refractivity contribution is 7.93. The Hall–Kier alpha value is -3.43. The van der Waals surface area contributed by atoms with Crippen molar-refractivity contribution in [2.75, 3.05) is 36.8 Å². The summed E-state index contributed by atoms with van der Waals surface area (Å²) in [7, 11) is -0.164. The maximum atomic E-state index is 13.0. The van der Waals surface area contributed by atoms with E-state index >= 15 is 0 Å².